The summed E-state index contributed by atoms with van der Waals surface area (Å²) in [5.74, 6) is -0.494. The number of rotatable bonds is 41. The summed E-state index contributed by atoms with van der Waals surface area (Å²) in [4.78, 5) is 52.7. The largest absolute Gasteiger partial charge is 0.472 e. The molecule has 0 aliphatic heterocycles. The van der Waals surface area contributed by atoms with Crippen molar-refractivity contribution in [1.29, 1.82) is 0 Å². The third-order valence-corrected chi connectivity index (χ3v) is 10.8. The lowest BCUT2D eigenvalue weighted by Gasteiger charge is -2.20. The van der Waals surface area contributed by atoms with Gasteiger partial charge in [0.2, 0.25) is 0 Å². The van der Waals surface area contributed by atoms with Crippen LogP contribution in [0, 0.1) is 5.92 Å². The summed E-state index contributed by atoms with van der Waals surface area (Å²) in [7, 11) is -9.76. The van der Waals surface area contributed by atoms with Crippen LogP contribution in [-0.4, -0.2) is 92.8 Å². The summed E-state index contributed by atoms with van der Waals surface area (Å²) >= 11 is 0. The highest BCUT2D eigenvalue weighted by Crippen LogP contribution is 2.43. The SMILES string of the molecule is CCCCC/C=C\C[C@@H](O)/C=C/C=C/C=C\[C@@H](O)CCCC(=O)OC[C@H](COP(=O)(O)OC[C@@H](O)COP(=O)(O)O)OC(=O)CCCCCCCCCCCCCCC(C)C. The van der Waals surface area contributed by atoms with E-state index in [1.807, 2.05) is 6.08 Å². The van der Waals surface area contributed by atoms with E-state index in [1.165, 1.54) is 64.2 Å². The van der Waals surface area contributed by atoms with Crippen LogP contribution in [0.2, 0.25) is 0 Å². The lowest BCUT2D eigenvalue weighted by Crippen LogP contribution is -2.30. The predicted octanol–water partition coefficient (Wildman–Crippen LogP) is 9.25. The van der Waals surface area contributed by atoms with E-state index in [0.29, 0.717) is 12.8 Å². The number of aliphatic hydroxyl groups is 3. The second-order valence-corrected chi connectivity index (χ2v) is 18.5. The molecule has 5 atom stereocenters. The fourth-order valence-corrected chi connectivity index (χ4v) is 7.00. The summed E-state index contributed by atoms with van der Waals surface area (Å²) in [5, 5.41) is 30.0. The van der Waals surface area contributed by atoms with Crippen LogP contribution in [0.1, 0.15) is 162 Å². The van der Waals surface area contributed by atoms with Crippen LogP contribution < -0.4 is 0 Å². The van der Waals surface area contributed by atoms with Crippen molar-refractivity contribution in [3.63, 3.8) is 0 Å². The molecule has 0 fully saturated rings. The van der Waals surface area contributed by atoms with E-state index >= 15 is 0 Å². The maximum Gasteiger partial charge on any atom is 0.472 e. The summed E-state index contributed by atoms with van der Waals surface area (Å²) in [6.45, 7) is 3.73. The van der Waals surface area contributed by atoms with E-state index in [-0.39, 0.29) is 25.7 Å². The van der Waals surface area contributed by atoms with Gasteiger partial charge in [-0.2, -0.15) is 0 Å². The number of hydrogen-bond donors (Lipinski definition) is 6. The van der Waals surface area contributed by atoms with Crippen LogP contribution in [0.4, 0.5) is 0 Å². The third kappa shape index (κ3) is 43.1. The normalized spacial score (nSPS) is 15.6. The molecule has 0 aromatic heterocycles. The zero-order valence-electron chi connectivity index (χ0n) is 37.1. The second-order valence-electron chi connectivity index (χ2n) is 15.9. The van der Waals surface area contributed by atoms with Gasteiger partial charge in [-0.25, -0.2) is 9.13 Å². The van der Waals surface area contributed by atoms with Crippen molar-refractivity contribution >= 4 is 27.6 Å². The Morgan fingerprint density at radius 3 is 1.70 bits per heavy atom. The van der Waals surface area contributed by atoms with Gasteiger partial charge in [0.25, 0.3) is 0 Å². The van der Waals surface area contributed by atoms with Crippen molar-refractivity contribution in [2.75, 3.05) is 26.4 Å². The second kappa shape index (κ2) is 38.5. The number of hydrogen-bond acceptors (Lipinski definition) is 12. The van der Waals surface area contributed by atoms with Gasteiger partial charge in [-0.15, -0.1) is 0 Å². The minimum absolute atomic E-state index is 0.0649. The number of phosphoric ester groups is 2. The molecule has 61 heavy (non-hydrogen) atoms. The first-order valence-corrected chi connectivity index (χ1v) is 25.4. The molecular formula is C44H80O15P2. The standard InChI is InChI=1S/C44H80O15P2/c1-4-5-6-7-17-22-28-39(45)29-23-19-20-24-30-40(46)31-26-33-43(48)55-36-42(37-58-61(53,54)57-35-41(47)34-56-60(50,51)52)59-44(49)32-25-18-15-13-11-9-8-10-12-14-16-21-27-38(2)3/h17,19-20,22-24,29-30,38-42,45-47H,4-16,18,21,25-28,31-37H2,1-3H3,(H,53,54)(H2,50,51,52)/b20-19+,22-17-,29-23+,30-24-/t39-,40-,41+,42-/m1/s1. The molecule has 17 heteroatoms. The molecule has 0 rings (SSSR count). The van der Waals surface area contributed by atoms with Crippen LogP contribution >= 0.6 is 15.6 Å². The van der Waals surface area contributed by atoms with E-state index in [9.17, 15) is 38.9 Å². The number of allylic oxidation sites excluding steroid dienone is 5. The number of carbonyl (C=O) groups excluding carboxylic acids is 2. The lowest BCUT2D eigenvalue weighted by atomic mass is 10.0. The molecule has 0 bridgehead atoms. The Balaban J connectivity index is 4.74. The van der Waals surface area contributed by atoms with Gasteiger partial charge >= 0.3 is 27.6 Å². The molecule has 0 aromatic rings. The van der Waals surface area contributed by atoms with E-state index in [0.717, 1.165) is 44.4 Å². The number of unbranched alkanes of at least 4 members (excludes halogenated alkanes) is 14. The van der Waals surface area contributed by atoms with Crippen LogP contribution in [0.25, 0.3) is 0 Å². The van der Waals surface area contributed by atoms with Crippen molar-refractivity contribution in [1.82, 2.24) is 0 Å². The molecule has 356 valence electrons. The first-order chi connectivity index (χ1) is 29.0. The van der Waals surface area contributed by atoms with Crippen LogP contribution in [0.5, 0.6) is 0 Å². The average Bonchev–Trinajstić information content (AvgIpc) is 3.19. The Morgan fingerprint density at radius 1 is 0.574 bits per heavy atom. The van der Waals surface area contributed by atoms with Crippen molar-refractivity contribution in [2.24, 2.45) is 5.92 Å². The van der Waals surface area contributed by atoms with Crippen molar-refractivity contribution in [3.05, 3.63) is 48.6 Å². The van der Waals surface area contributed by atoms with Crippen molar-refractivity contribution in [3.8, 4) is 0 Å². The first-order valence-electron chi connectivity index (χ1n) is 22.4. The summed E-state index contributed by atoms with van der Waals surface area (Å²) in [6.07, 6.45) is 30.3. The number of ether oxygens (including phenoxy) is 2. The number of carbonyl (C=O) groups is 2. The molecule has 0 aliphatic carbocycles. The van der Waals surface area contributed by atoms with Crippen molar-refractivity contribution in [2.45, 2.75) is 186 Å². The zero-order valence-corrected chi connectivity index (χ0v) is 38.9. The molecular weight excluding hydrogens is 830 g/mol. The lowest BCUT2D eigenvalue weighted by molar-refractivity contribution is -0.161. The minimum Gasteiger partial charge on any atom is -0.462 e. The third-order valence-electron chi connectivity index (χ3n) is 9.33. The van der Waals surface area contributed by atoms with Gasteiger partial charge in [0.15, 0.2) is 6.10 Å². The molecule has 0 spiro atoms. The topological polar surface area (TPSA) is 236 Å². The van der Waals surface area contributed by atoms with E-state index in [4.69, 9.17) is 23.8 Å². The average molecular weight is 911 g/mol. The Kier molecular flexibility index (Phi) is 37.2. The Morgan fingerprint density at radius 2 is 1.11 bits per heavy atom. The molecule has 15 nitrogen and oxygen atoms in total. The highest BCUT2D eigenvalue weighted by atomic mass is 31.2. The predicted molar refractivity (Wildman–Crippen MR) is 237 cm³/mol. The fourth-order valence-electron chi connectivity index (χ4n) is 5.84. The molecule has 0 amide bonds. The van der Waals surface area contributed by atoms with Crippen LogP contribution in [0.15, 0.2) is 48.6 Å². The van der Waals surface area contributed by atoms with Gasteiger partial charge < -0.3 is 39.5 Å². The van der Waals surface area contributed by atoms with Gasteiger partial charge in [0.05, 0.1) is 32.0 Å². The van der Waals surface area contributed by atoms with Gasteiger partial charge in [-0.3, -0.25) is 23.2 Å². The van der Waals surface area contributed by atoms with Gasteiger partial charge in [-0.1, -0.05) is 159 Å². The number of esters is 2. The smallest absolute Gasteiger partial charge is 0.462 e. The summed E-state index contributed by atoms with van der Waals surface area (Å²) in [5.41, 5.74) is 0. The number of aliphatic hydroxyl groups excluding tert-OH is 3. The summed E-state index contributed by atoms with van der Waals surface area (Å²) < 4.78 is 47.6. The molecule has 0 aromatic carbocycles. The van der Waals surface area contributed by atoms with Crippen LogP contribution in [-0.2, 0) is 41.8 Å². The van der Waals surface area contributed by atoms with E-state index in [1.54, 1.807) is 36.5 Å². The van der Waals surface area contributed by atoms with E-state index in [2.05, 4.69) is 35.9 Å². The highest BCUT2D eigenvalue weighted by Gasteiger charge is 2.28. The molecule has 1 unspecified atom stereocenters. The maximum atomic E-state index is 12.7. The molecule has 6 N–H and O–H groups in total. The molecule has 0 radical (unpaired) electrons. The molecule has 0 aliphatic rings. The molecule has 0 saturated heterocycles. The highest BCUT2D eigenvalue weighted by molar-refractivity contribution is 7.47. The van der Waals surface area contributed by atoms with Gasteiger partial charge in [0, 0.05) is 12.8 Å². The fraction of sp³-hybridized carbons (Fsp3) is 0.773. The van der Waals surface area contributed by atoms with Crippen LogP contribution in [0.3, 0.4) is 0 Å². The Bertz CT molecular complexity index is 1310. The van der Waals surface area contributed by atoms with Gasteiger partial charge in [0.1, 0.15) is 12.7 Å². The summed E-state index contributed by atoms with van der Waals surface area (Å²) in [6, 6.07) is 0. The van der Waals surface area contributed by atoms with E-state index < -0.39 is 78.4 Å². The maximum absolute atomic E-state index is 12.7. The Labute approximate surface area is 365 Å². The zero-order chi connectivity index (χ0) is 45.6. The molecule has 0 heterocycles. The molecule has 0 saturated carbocycles. The number of phosphoric acid groups is 2. The minimum atomic E-state index is -4.89. The monoisotopic (exact) mass is 910 g/mol. The van der Waals surface area contributed by atoms with Crippen molar-refractivity contribution < 1.29 is 71.8 Å². The quantitative estimate of drug-likeness (QED) is 0.0110. The Hall–Kier alpha value is -2.00. The van der Waals surface area contributed by atoms with Gasteiger partial charge in [-0.05, 0) is 44.4 Å². The first kappa shape index (κ1) is 59.0.